The molecule has 0 bridgehead atoms. The van der Waals surface area contributed by atoms with Crippen molar-refractivity contribution in [3.05, 3.63) is 0 Å². The van der Waals surface area contributed by atoms with Crippen molar-refractivity contribution in [2.75, 3.05) is 0 Å². The first-order valence-electron chi connectivity index (χ1n) is 10.3. The van der Waals surface area contributed by atoms with Crippen LogP contribution in [0.4, 0.5) is 19.2 Å². The van der Waals surface area contributed by atoms with Gasteiger partial charge in [-0.05, 0) is 0 Å². The molecule has 4 rings (SSSR count). The number of nitrogens with one attached hydrogen (secondary N) is 4. The maximum atomic E-state index is 12.7. The van der Waals surface area contributed by atoms with Gasteiger partial charge in [0, 0.05) is 19.4 Å². The van der Waals surface area contributed by atoms with Gasteiger partial charge in [0.25, 0.3) is 0 Å². The highest BCUT2D eigenvalue weighted by molar-refractivity contribution is 7.23. The highest BCUT2D eigenvalue weighted by Crippen LogP contribution is 2.47. The van der Waals surface area contributed by atoms with Crippen LogP contribution in [0.5, 0.6) is 0 Å². The minimum absolute atomic E-state index is 0.0215. The fraction of sp³-hybridized carbons (Fsp3) is 0.750. The molecule has 8 nitrogen and oxygen atoms in total. The predicted molar refractivity (Wildman–Crippen MR) is 124 cm³/mol. The number of carbonyl (C=O) groups is 4. The lowest BCUT2D eigenvalue weighted by molar-refractivity contribution is 0.229. The maximum absolute atomic E-state index is 12.7. The Labute approximate surface area is 181 Å². The summed E-state index contributed by atoms with van der Waals surface area (Å²) in [6.45, 7) is 16.8. The number of rotatable bonds is 4. The minimum atomic E-state index is -2.35. The third-order valence-electron chi connectivity index (χ3n) is 8.75. The first-order valence-corrected chi connectivity index (χ1v) is 23.8. The van der Waals surface area contributed by atoms with Crippen LogP contribution in [0.25, 0.3) is 0 Å². The van der Waals surface area contributed by atoms with Gasteiger partial charge in [-0.15, -0.1) is 0 Å². The first-order chi connectivity index (χ1) is 13.0. The molecule has 0 aromatic rings. The monoisotopic (exact) mass is 482 g/mol. The van der Waals surface area contributed by atoms with Gasteiger partial charge >= 0.3 is 15.2 Å². The van der Waals surface area contributed by atoms with Gasteiger partial charge in [-0.2, -0.15) is 0 Å². The Kier molecular flexibility index (Phi) is 4.11. The molecule has 13 heteroatoms. The molecule has 4 aliphatic rings. The average Bonchev–Trinajstić information content (AvgIpc) is 2.62. The molecule has 4 aliphatic heterocycles. The van der Waals surface area contributed by atoms with Crippen molar-refractivity contribution >= 4 is 69.6 Å². The van der Waals surface area contributed by atoms with Crippen LogP contribution in [0.2, 0.25) is 52.4 Å². The van der Waals surface area contributed by atoms with Crippen LogP contribution in [-0.4, -0.2) is 89.0 Å². The smallest absolute Gasteiger partial charge is 0.313 e. The minimum Gasteiger partial charge on any atom is -0.369 e. The van der Waals surface area contributed by atoms with Gasteiger partial charge < -0.3 is 21.3 Å². The summed E-state index contributed by atoms with van der Waals surface area (Å²) >= 11 is -1.15. The molecule has 4 atom stereocenters. The standard InChI is InChI=1S/2C8H15N2O2Si2.Al.H/c2*1-13(2)5(9-7(13)11)6-10-8(12)14(6,3)4;;/h2*5H,1-4H3,(H,9,11)(H,10,12);;. The SMILES string of the molecule is C[Si]1(C)C(=O)NC1[C]1([AlH][C]2(C3NC(=O)[Si]3(C)C)NC(=O)[Si]2(C)C)NC(=O)[Si]1(C)C. The van der Waals surface area contributed by atoms with Crippen molar-refractivity contribution < 1.29 is 19.2 Å². The van der Waals surface area contributed by atoms with E-state index in [0.29, 0.717) is 0 Å². The van der Waals surface area contributed by atoms with Gasteiger partial charge in [0.05, 0.1) is 0 Å². The molecule has 0 aromatic carbocycles. The van der Waals surface area contributed by atoms with Crippen LogP contribution in [0, 0.1) is 0 Å². The van der Waals surface area contributed by atoms with Gasteiger partial charge in [-0.3, -0.25) is 19.2 Å². The Morgan fingerprint density at radius 1 is 0.621 bits per heavy atom. The highest BCUT2D eigenvalue weighted by atomic mass is 28.3. The van der Waals surface area contributed by atoms with Gasteiger partial charge in [-0.25, -0.2) is 0 Å². The van der Waals surface area contributed by atoms with Crippen LogP contribution < -0.4 is 21.3 Å². The number of hydrogen-bond donors (Lipinski definition) is 4. The van der Waals surface area contributed by atoms with Gasteiger partial charge in [0.1, 0.15) is 0 Å². The molecule has 0 radical (unpaired) electrons. The fourth-order valence-electron chi connectivity index (χ4n) is 5.93. The van der Waals surface area contributed by atoms with E-state index in [1.807, 2.05) is 0 Å². The van der Waals surface area contributed by atoms with E-state index in [0.717, 1.165) is 0 Å². The first kappa shape index (κ1) is 21.5. The zero-order valence-corrected chi connectivity index (χ0v) is 23.9. The second kappa shape index (κ2) is 5.55. The molecule has 4 fully saturated rings. The van der Waals surface area contributed by atoms with Crippen molar-refractivity contribution in [1.82, 2.24) is 21.3 Å². The average molecular weight is 483 g/mol. The Balaban J connectivity index is 1.80. The van der Waals surface area contributed by atoms with Crippen LogP contribution in [0.15, 0.2) is 0 Å². The lowest BCUT2D eigenvalue weighted by Crippen LogP contribution is -3.05. The number of hydrogen-bond acceptors (Lipinski definition) is 4. The molecule has 4 unspecified atom stereocenters. The Morgan fingerprint density at radius 2 is 0.931 bits per heavy atom. The van der Waals surface area contributed by atoms with Gasteiger partial charge in [0.2, 0.25) is 0 Å². The molecule has 0 aliphatic carbocycles. The molecule has 29 heavy (non-hydrogen) atoms. The number of carbonyl (C=O) groups excluding carboxylic acids is 4. The number of amides is 4. The van der Waals surface area contributed by atoms with Crippen molar-refractivity contribution in [3.63, 3.8) is 0 Å². The van der Waals surface area contributed by atoms with E-state index in [1.54, 1.807) is 0 Å². The summed E-state index contributed by atoms with van der Waals surface area (Å²) in [6, 6.07) is 0. The van der Waals surface area contributed by atoms with E-state index >= 15 is 0 Å². The highest BCUT2D eigenvalue weighted by Gasteiger charge is 2.80. The summed E-state index contributed by atoms with van der Waals surface area (Å²) in [4.78, 5) is 50.1. The molecular weight excluding hydrogens is 452 g/mol. The summed E-state index contributed by atoms with van der Waals surface area (Å²) in [5.41, 5.74) is 0.630. The molecule has 4 N–H and O–H groups in total. The quantitative estimate of drug-likeness (QED) is 0.443. The maximum Gasteiger partial charge on any atom is 0.313 e. The molecule has 4 amide bonds. The zero-order valence-electron chi connectivity index (χ0n) is 18.5. The van der Waals surface area contributed by atoms with Crippen LogP contribution in [0.3, 0.4) is 0 Å². The van der Waals surface area contributed by atoms with Crippen LogP contribution in [-0.2, 0) is 0 Å². The summed E-state index contributed by atoms with van der Waals surface area (Å²) in [5, 5.41) is 13.0. The van der Waals surface area contributed by atoms with E-state index in [9.17, 15) is 19.2 Å². The van der Waals surface area contributed by atoms with Crippen molar-refractivity contribution in [2.45, 2.75) is 71.8 Å². The van der Waals surface area contributed by atoms with E-state index in [4.69, 9.17) is 0 Å². The Hall–Kier alpha value is -0.720. The largest absolute Gasteiger partial charge is 0.369 e. The van der Waals surface area contributed by atoms with Crippen molar-refractivity contribution in [3.8, 4) is 0 Å². The predicted octanol–water partition coefficient (Wildman–Crippen LogP) is 0.763. The Bertz CT molecular complexity index is 824. The van der Waals surface area contributed by atoms with E-state index in [-0.39, 0.29) is 41.5 Å². The van der Waals surface area contributed by atoms with E-state index in [2.05, 4.69) is 73.6 Å². The molecule has 0 aromatic heterocycles. The molecule has 0 saturated carbocycles. The Morgan fingerprint density at radius 3 is 1.10 bits per heavy atom. The second-order valence-corrected chi connectivity index (χ2v) is 33.7. The van der Waals surface area contributed by atoms with Crippen LogP contribution in [0.1, 0.15) is 0 Å². The second-order valence-electron chi connectivity index (χ2n) is 11.5. The molecule has 158 valence electrons. The molecule has 4 heterocycles. The topological polar surface area (TPSA) is 116 Å². The zero-order chi connectivity index (χ0) is 22.0. The normalized spacial score (nSPS) is 42.5. The van der Waals surface area contributed by atoms with Crippen molar-refractivity contribution in [1.29, 1.82) is 0 Å². The molecule has 4 saturated heterocycles. The molecular formula is C16H31AlN4O4Si4. The van der Waals surface area contributed by atoms with E-state index < -0.39 is 47.5 Å². The third-order valence-corrected chi connectivity index (χ3v) is 33.4. The van der Waals surface area contributed by atoms with Crippen molar-refractivity contribution in [2.24, 2.45) is 0 Å². The van der Waals surface area contributed by atoms with Crippen LogP contribution >= 0.6 is 0 Å². The van der Waals surface area contributed by atoms with Gasteiger partial charge in [0.15, 0.2) is 54.4 Å². The summed E-state index contributed by atoms with van der Waals surface area (Å²) < 4.78 is -0.701. The lowest BCUT2D eigenvalue weighted by Gasteiger charge is -2.71. The third kappa shape index (κ3) is 2.19. The molecule has 0 spiro atoms. The summed E-state index contributed by atoms with van der Waals surface area (Å²) in [6.07, 6.45) is 0. The van der Waals surface area contributed by atoms with Gasteiger partial charge in [-0.1, -0.05) is 52.4 Å². The van der Waals surface area contributed by atoms with E-state index in [1.165, 1.54) is 0 Å². The lowest BCUT2D eigenvalue weighted by atomic mass is 10.5. The summed E-state index contributed by atoms with van der Waals surface area (Å²) in [7, 11) is -9.12. The fourth-order valence-corrected chi connectivity index (χ4v) is 31.6. The summed E-state index contributed by atoms with van der Waals surface area (Å²) in [5.74, 6) is 0.